The van der Waals surface area contributed by atoms with Gasteiger partial charge in [-0.05, 0) is 6.42 Å². The number of aliphatic hydroxyl groups excluding tert-OH is 1. The molecule has 1 atom stereocenters. The lowest BCUT2D eigenvalue weighted by atomic mass is 10.1. The van der Waals surface area contributed by atoms with Crippen LogP contribution in [-0.2, 0) is 4.79 Å². The van der Waals surface area contributed by atoms with E-state index >= 15 is 0 Å². The van der Waals surface area contributed by atoms with E-state index in [9.17, 15) is 22.8 Å². The van der Waals surface area contributed by atoms with E-state index in [2.05, 4.69) is 10.6 Å². The predicted octanol–water partition coefficient (Wildman–Crippen LogP) is 0.819. The fourth-order valence-electron chi connectivity index (χ4n) is 2.19. The number of halogens is 3. The van der Waals surface area contributed by atoms with E-state index < -0.39 is 35.4 Å². The molecule has 0 spiro atoms. The number of anilines is 1. The molecule has 22 heavy (non-hydrogen) atoms. The summed E-state index contributed by atoms with van der Waals surface area (Å²) >= 11 is 0. The van der Waals surface area contributed by atoms with Gasteiger partial charge in [0.15, 0.2) is 17.5 Å². The van der Waals surface area contributed by atoms with Crippen LogP contribution in [-0.4, -0.2) is 47.7 Å². The number of hydrogen-bond acceptors (Lipinski definition) is 3. The molecule has 3 N–H and O–H groups in total. The van der Waals surface area contributed by atoms with Crippen LogP contribution in [0.15, 0.2) is 12.1 Å². The molecule has 3 amide bonds. The van der Waals surface area contributed by atoms with Gasteiger partial charge in [-0.25, -0.2) is 18.0 Å². The van der Waals surface area contributed by atoms with Crippen molar-refractivity contribution in [1.82, 2.24) is 10.2 Å². The lowest BCUT2D eigenvalue weighted by Gasteiger charge is -2.34. The van der Waals surface area contributed by atoms with E-state index in [1.807, 2.05) is 0 Å². The van der Waals surface area contributed by atoms with Crippen LogP contribution < -0.4 is 10.6 Å². The van der Waals surface area contributed by atoms with Gasteiger partial charge in [0.2, 0.25) is 5.91 Å². The van der Waals surface area contributed by atoms with Crippen molar-refractivity contribution in [3.63, 3.8) is 0 Å². The molecule has 1 heterocycles. The molecule has 2 rings (SSSR count). The Morgan fingerprint density at radius 2 is 2.00 bits per heavy atom. The van der Waals surface area contributed by atoms with Crippen molar-refractivity contribution >= 4 is 17.6 Å². The van der Waals surface area contributed by atoms with E-state index in [1.165, 1.54) is 0 Å². The van der Waals surface area contributed by atoms with Gasteiger partial charge in [0.1, 0.15) is 6.04 Å². The second kappa shape index (κ2) is 6.65. The molecule has 0 saturated carbocycles. The zero-order valence-electron chi connectivity index (χ0n) is 11.4. The average molecular weight is 317 g/mol. The molecule has 0 unspecified atom stereocenters. The summed E-state index contributed by atoms with van der Waals surface area (Å²) in [6, 6.07) is -0.365. The fourth-order valence-corrected chi connectivity index (χ4v) is 2.19. The number of urea groups is 1. The Morgan fingerprint density at radius 3 is 2.59 bits per heavy atom. The van der Waals surface area contributed by atoms with Crippen molar-refractivity contribution in [2.75, 3.05) is 25.0 Å². The van der Waals surface area contributed by atoms with E-state index in [1.54, 1.807) is 0 Å². The molecule has 1 fully saturated rings. The Morgan fingerprint density at radius 1 is 1.36 bits per heavy atom. The maximum absolute atomic E-state index is 13.1. The molecule has 0 aromatic heterocycles. The summed E-state index contributed by atoms with van der Waals surface area (Å²) in [7, 11) is 0. The number of nitrogens with zero attached hydrogens (tertiary/aromatic N) is 1. The lowest BCUT2D eigenvalue weighted by molar-refractivity contribution is -0.128. The second-order valence-corrected chi connectivity index (χ2v) is 4.70. The van der Waals surface area contributed by atoms with E-state index in [4.69, 9.17) is 5.11 Å². The van der Waals surface area contributed by atoms with Gasteiger partial charge < -0.3 is 20.6 Å². The van der Waals surface area contributed by atoms with Gasteiger partial charge in [0.25, 0.3) is 0 Å². The minimum absolute atomic E-state index is 0.0331. The number of aliphatic hydroxyl groups is 1. The monoisotopic (exact) mass is 317 g/mol. The second-order valence-electron chi connectivity index (χ2n) is 4.70. The Kier molecular flexibility index (Phi) is 4.86. The van der Waals surface area contributed by atoms with Gasteiger partial charge in [-0.15, -0.1) is 0 Å². The van der Waals surface area contributed by atoms with Crippen LogP contribution in [0.1, 0.15) is 6.42 Å². The Labute approximate surface area is 123 Å². The Bertz CT molecular complexity index is 574. The summed E-state index contributed by atoms with van der Waals surface area (Å²) < 4.78 is 39.1. The van der Waals surface area contributed by atoms with Gasteiger partial charge in [-0.1, -0.05) is 0 Å². The predicted molar refractivity (Wildman–Crippen MR) is 70.5 cm³/mol. The molecule has 1 aromatic rings. The molecular formula is C13H14F3N3O3. The standard InChI is InChI=1S/C13H14F3N3O3/c14-8-5-7(6-9(15)11(8)16)18-13(22)19-3-2-17-12(21)10(19)1-4-20/h5-6,10,20H,1-4H2,(H,17,21)(H,18,22)/t10-/m0/s1. The average Bonchev–Trinajstić information content (AvgIpc) is 2.47. The zero-order chi connectivity index (χ0) is 16.3. The number of carbonyl (C=O) groups excluding carboxylic acids is 2. The molecule has 9 heteroatoms. The number of piperazine rings is 1. The highest BCUT2D eigenvalue weighted by atomic mass is 19.2. The largest absolute Gasteiger partial charge is 0.396 e. The summed E-state index contributed by atoms with van der Waals surface area (Å²) in [5.41, 5.74) is -0.268. The lowest BCUT2D eigenvalue weighted by Crippen LogP contribution is -2.58. The molecule has 1 aliphatic rings. The van der Waals surface area contributed by atoms with E-state index in [0.717, 1.165) is 4.90 Å². The van der Waals surface area contributed by atoms with Crippen LogP contribution in [0.2, 0.25) is 0 Å². The third-order valence-electron chi connectivity index (χ3n) is 3.23. The highest BCUT2D eigenvalue weighted by Crippen LogP contribution is 2.19. The summed E-state index contributed by atoms with van der Waals surface area (Å²) in [5, 5.41) is 13.7. The van der Waals surface area contributed by atoms with Gasteiger partial charge in [0.05, 0.1) is 0 Å². The van der Waals surface area contributed by atoms with Crippen molar-refractivity contribution in [2.24, 2.45) is 0 Å². The first-order valence-electron chi connectivity index (χ1n) is 6.54. The maximum atomic E-state index is 13.1. The van der Waals surface area contributed by atoms with Crippen molar-refractivity contribution in [2.45, 2.75) is 12.5 Å². The Balaban J connectivity index is 2.15. The van der Waals surface area contributed by atoms with Crippen molar-refractivity contribution < 1.29 is 27.9 Å². The van der Waals surface area contributed by atoms with Crippen LogP contribution >= 0.6 is 0 Å². The van der Waals surface area contributed by atoms with Crippen molar-refractivity contribution in [1.29, 1.82) is 0 Å². The van der Waals surface area contributed by atoms with Crippen molar-refractivity contribution in [3.8, 4) is 0 Å². The van der Waals surface area contributed by atoms with Crippen LogP contribution in [0.5, 0.6) is 0 Å². The number of hydrogen-bond donors (Lipinski definition) is 3. The first kappa shape index (κ1) is 16.1. The first-order valence-corrected chi connectivity index (χ1v) is 6.54. The number of nitrogens with one attached hydrogen (secondary N) is 2. The van der Waals surface area contributed by atoms with E-state index in [-0.39, 0.29) is 31.8 Å². The quantitative estimate of drug-likeness (QED) is 0.722. The van der Waals surface area contributed by atoms with Crippen LogP contribution in [0, 0.1) is 17.5 Å². The number of amides is 3. The smallest absolute Gasteiger partial charge is 0.322 e. The molecular weight excluding hydrogens is 303 g/mol. The van der Waals surface area contributed by atoms with E-state index in [0.29, 0.717) is 12.1 Å². The van der Waals surface area contributed by atoms with Gasteiger partial charge >= 0.3 is 6.03 Å². The molecule has 120 valence electrons. The third kappa shape index (κ3) is 3.30. The zero-order valence-corrected chi connectivity index (χ0v) is 11.4. The summed E-state index contributed by atoms with van der Waals surface area (Å²) in [6.07, 6.45) is 0.0331. The van der Waals surface area contributed by atoms with Gasteiger partial charge in [-0.2, -0.15) is 0 Å². The fraction of sp³-hybridized carbons (Fsp3) is 0.385. The molecule has 1 aliphatic heterocycles. The molecule has 0 radical (unpaired) electrons. The maximum Gasteiger partial charge on any atom is 0.322 e. The summed E-state index contributed by atoms with van der Waals surface area (Å²) in [4.78, 5) is 25.0. The first-order chi connectivity index (χ1) is 10.4. The summed E-state index contributed by atoms with van der Waals surface area (Å²) in [5.74, 6) is -4.92. The molecule has 1 saturated heterocycles. The van der Waals surface area contributed by atoms with Crippen LogP contribution in [0.25, 0.3) is 0 Å². The molecule has 1 aromatic carbocycles. The Hall–Kier alpha value is -2.29. The minimum atomic E-state index is -1.63. The molecule has 6 nitrogen and oxygen atoms in total. The van der Waals surface area contributed by atoms with Crippen molar-refractivity contribution in [3.05, 3.63) is 29.6 Å². The number of rotatable bonds is 3. The topological polar surface area (TPSA) is 81.7 Å². The van der Waals surface area contributed by atoms with Gasteiger partial charge in [0, 0.05) is 37.5 Å². The SMILES string of the molecule is O=C1NCCN(C(=O)Nc2cc(F)c(F)c(F)c2)[C@H]1CCO. The highest BCUT2D eigenvalue weighted by molar-refractivity contribution is 5.94. The van der Waals surface area contributed by atoms with Gasteiger partial charge in [-0.3, -0.25) is 4.79 Å². The normalized spacial score (nSPS) is 18.1. The number of benzene rings is 1. The van der Waals surface area contributed by atoms with Crippen LogP contribution in [0.4, 0.5) is 23.7 Å². The number of carbonyl (C=O) groups is 2. The minimum Gasteiger partial charge on any atom is -0.396 e. The molecule has 0 bridgehead atoms. The third-order valence-corrected chi connectivity index (χ3v) is 3.23. The van der Waals surface area contributed by atoms with Crippen LogP contribution in [0.3, 0.4) is 0 Å². The highest BCUT2D eigenvalue weighted by Gasteiger charge is 2.32. The molecule has 0 aliphatic carbocycles. The summed E-state index contributed by atoms with van der Waals surface area (Å²) in [6.45, 7) is 0.0936.